The number of urea groups is 1. The van der Waals surface area contributed by atoms with Gasteiger partial charge in [-0.25, -0.2) is 9.78 Å². The monoisotopic (exact) mass is 269 g/mol. The Kier molecular flexibility index (Phi) is 4.91. The van der Waals surface area contributed by atoms with Crippen LogP contribution in [0.3, 0.4) is 0 Å². The minimum absolute atomic E-state index is 0.213. The number of carboxylic acids is 1. The summed E-state index contributed by atoms with van der Waals surface area (Å²) in [6.45, 7) is 6.64. The van der Waals surface area contributed by atoms with Crippen LogP contribution in [0, 0.1) is 6.92 Å². The summed E-state index contributed by atoms with van der Waals surface area (Å²) in [5, 5.41) is 11.4. The fraction of sp³-hybridized carbons (Fsp3) is 0.583. The summed E-state index contributed by atoms with van der Waals surface area (Å²) in [7, 11) is 0. The molecule has 0 aliphatic carbocycles. The van der Waals surface area contributed by atoms with E-state index in [9.17, 15) is 9.59 Å². The van der Waals surface area contributed by atoms with E-state index in [2.05, 4.69) is 10.3 Å². The van der Waals surface area contributed by atoms with Crippen molar-refractivity contribution >= 4 is 12.0 Å². The molecule has 1 aromatic rings. The summed E-state index contributed by atoms with van der Waals surface area (Å²) in [4.78, 5) is 28.0. The van der Waals surface area contributed by atoms with Gasteiger partial charge in [-0.1, -0.05) is 0 Å². The average Bonchev–Trinajstić information content (AvgIpc) is 2.72. The molecule has 1 rings (SSSR count). The van der Waals surface area contributed by atoms with Gasteiger partial charge in [0.15, 0.2) is 0 Å². The lowest BCUT2D eigenvalue weighted by molar-refractivity contribution is -0.138. The number of aliphatic carboxylic acids is 1. The Hall–Kier alpha value is -2.05. The molecule has 1 atom stereocenters. The summed E-state index contributed by atoms with van der Waals surface area (Å²) >= 11 is 0. The molecule has 1 heterocycles. The summed E-state index contributed by atoms with van der Waals surface area (Å²) in [5.41, 5.74) is 0. The molecule has 106 valence electrons. The van der Waals surface area contributed by atoms with Gasteiger partial charge in [0.2, 0.25) is 5.89 Å². The van der Waals surface area contributed by atoms with E-state index in [4.69, 9.17) is 9.52 Å². The van der Waals surface area contributed by atoms with E-state index in [0.717, 1.165) is 0 Å². The molecule has 0 spiro atoms. The van der Waals surface area contributed by atoms with E-state index in [1.807, 2.05) is 0 Å². The Bertz CT molecular complexity index is 456. The summed E-state index contributed by atoms with van der Waals surface area (Å²) in [5.74, 6) is -0.00398. The zero-order valence-electron chi connectivity index (χ0n) is 11.5. The van der Waals surface area contributed by atoms with Crippen molar-refractivity contribution in [3.63, 3.8) is 0 Å². The molecule has 2 amide bonds. The number of oxazole rings is 1. The van der Waals surface area contributed by atoms with E-state index in [0.29, 0.717) is 11.7 Å². The Labute approximate surface area is 111 Å². The summed E-state index contributed by atoms with van der Waals surface area (Å²) in [6.07, 6.45) is 1.56. The van der Waals surface area contributed by atoms with Gasteiger partial charge in [-0.2, -0.15) is 0 Å². The summed E-state index contributed by atoms with van der Waals surface area (Å²) in [6, 6.07) is -1.09. The number of nitrogens with one attached hydrogen (secondary N) is 1. The quantitative estimate of drug-likeness (QED) is 0.845. The van der Waals surface area contributed by atoms with Crippen molar-refractivity contribution in [1.29, 1.82) is 0 Å². The highest BCUT2D eigenvalue weighted by molar-refractivity contribution is 5.80. The van der Waals surface area contributed by atoms with Crippen molar-refractivity contribution in [2.75, 3.05) is 6.54 Å². The largest absolute Gasteiger partial charge is 0.480 e. The zero-order chi connectivity index (χ0) is 14.6. The van der Waals surface area contributed by atoms with Crippen LogP contribution in [0.5, 0.6) is 0 Å². The van der Waals surface area contributed by atoms with Crippen LogP contribution < -0.4 is 5.32 Å². The second kappa shape index (κ2) is 6.21. The predicted octanol–water partition coefficient (Wildman–Crippen LogP) is 1.55. The number of nitrogens with zero attached hydrogens (tertiary/aromatic N) is 2. The highest BCUT2D eigenvalue weighted by atomic mass is 16.4. The molecule has 0 aliphatic heterocycles. The fourth-order valence-electron chi connectivity index (χ4n) is 1.54. The fourth-order valence-corrected chi connectivity index (χ4v) is 1.54. The number of aryl methyl sites for hydroxylation is 1. The topological polar surface area (TPSA) is 95.7 Å². The predicted molar refractivity (Wildman–Crippen MR) is 67.7 cm³/mol. The molecule has 0 saturated carbocycles. The summed E-state index contributed by atoms with van der Waals surface area (Å²) < 4.78 is 5.31. The first-order valence-corrected chi connectivity index (χ1v) is 6.02. The lowest BCUT2D eigenvalue weighted by Crippen LogP contribution is -2.47. The highest BCUT2D eigenvalue weighted by Crippen LogP contribution is 2.12. The van der Waals surface area contributed by atoms with Crippen molar-refractivity contribution in [3.05, 3.63) is 17.8 Å². The van der Waals surface area contributed by atoms with Crippen LogP contribution in [0.15, 0.2) is 10.6 Å². The molecule has 2 N–H and O–H groups in total. The van der Waals surface area contributed by atoms with E-state index >= 15 is 0 Å². The second-order valence-electron chi connectivity index (χ2n) is 4.60. The molecule has 0 bridgehead atoms. The van der Waals surface area contributed by atoms with Crippen LogP contribution in [0.25, 0.3) is 0 Å². The number of carbonyl (C=O) groups excluding carboxylic acids is 1. The van der Waals surface area contributed by atoms with Crippen molar-refractivity contribution in [2.45, 2.75) is 39.8 Å². The molecule has 0 aromatic carbocycles. The van der Waals surface area contributed by atoms with Crippen LogP contribution in [-0.2, 0) is 4.79 Å². The lowest BCUT2D eigenvalue weighted by Gasteiger charge is -2.26. The first-order valence-electron chi connectivity index (χ1n) is 6.02. The third-order valence-corrected chi connectivity index (χ3v) is 2.54. The molecule has 19 heavy (non-hydrogen) atoms. The smallest absolute Gasteiger partial charge is 0.323 e. The van der Waals surface area contributed by atoms with Gasteiger partial charge in [-0.3, -0.25) is 4.79 Å². The van der Waals surface area contributed by atoms with Gasteiger partial charge >= 0.3 is 12.0 Å². The molecule has 1 unspecified atom stereocenters. The Morgan fingerprint density at radius 2 is 2.11 bits per heavy atom. The van der Waals surface area contributed by atoms with E-state index < -0.39 is 18.0 Å². The minimum Gasteiger partial charge on any atom is -0.480 e. The van der Waals surface area contributed by atoms with Gasteiger partial charge < -0.3 is 19.7 Å². The Morgan fingerprint density at radius 3 is 2.53 bits per heavy atom. The van der Waals surface area contributed by atoms with Crippen LogP contribution in [0.4, 0.5) is 4.79 Å². The third kappa shape index (κ3) is 4.27. The van der Waals surface area contributed by atoms with Gasteiger partial charge in [0.1, 0.15) is 18.3 Å². The van der Waals surface area contributed by atoms with Gasteiger partial charge in [-0.05, 0) is 27.7 Å². The zero-order valence-corrected chi connectivity index (χ0v) is 11.5. The van der Waals surface area contributed by atoms with E-state index in [1.54, 1.807) is 33.9 Å². The molecule has 1 aromatic heterocycles. The van der Waals surface area contributed by atoms with Gasteiger partial charge in [0, 0.05) is 6.04 Å². The number of aromatic nitrogens is 1. The number of carbonyl (C=O) groups is 2. The van der Waals surface area contributed by atoms with Crippen molar-refractivity contribution in [2.24, 2.45) is 0 Å². The average molecular weight is 269 g/mol. The van der Waals surface area contributed by atoms with Crippen LogP contribution in [0.2, 0.25) is 0 Å². The maximum absolute atomic E-state index is 12.0. The maximum Gasteiger partial charge on any atom is 0.323 e. The van der Waals surface area contributed by atoms with Crippen LogP contribution >= 0.6 is 0 Å². The molecule has 0 aliphatic rings. The van der Waals surface area contributed by atoms with Crippen molar-refractivity contribution in [3.8, 4) is 0 Å². The van der Waals surface area contributed by atoms with E-state index in [-0.39, 0.29) is 12.6 Å². The Balaban J connectivity index is 2.68. The number of amides is 2. The number of rotatable bonds is 5. The molecule has 0 fully saturated rings. The first-order chi connectivity index (χ1) is 8.81. The van der Waals surface area contributed by atoms with Gasteiger partial charge in [-0.15, -0.1) is 0 Å². The van der Waals surface area contributed by atoms with Gasteiger partial charge in [0.25, 0.3) is 0 Å². The molecular weight excluding hydrogens is 250 g/mol. The van der Waals surface area contributed by atoms with Gasteiger partial charge in [0.05, 0.1) is 6.20 Å². The molecule has 7 nitrogen and oxygen atoms in total. The third-order valence-electron chi connectivity index (χ3n) is 2.54. The molecular formula is C12H19N3O4. The highest BCUT2D eigenvalue weighted by Gasteiger charge is 2.23. The van der Waals surface area contributed by atoms with Crippen LogP contribution in [0.1, 0.15) is 38.5 Å². The maximum atomic E-state index is 12.0. The second-order valence-corrected chi connectivity index (χ2v) is 4.60. The van der Waals surface area contributed by atoms with Crippen molar-refractivity contribution < 1.29 is 19.1 Å². The number of hydrogen-bond acceptors (Lipinski definition) is 4. The van der Waals surface area contributed by atoms with Crippen molar-refractivity contribution in [1.82, 2.24) is 15.2 Å². The lowest BCUT2D eigenvalue weighted by atomic mass is 10.3. The Morgan fingerprint density at radius 1 is 1.47 bits per heavy atom. The first kappa shape index (κ1) is 15.0. The minimum atomic E-state index is -1.05. The number of carboxylic acid groups (broad SMARTS) is 1. The standard InChI is InChI=1S/C12H19N3O4/c1-7(2)15(6-10(16)17)12(18)14-9(4)11-13-5-8(3)19-11/h5,7,9H,6H2,1-4H3,(H,14,18)(H,16,17). The molecule has 0 radical (unpaired) electrons. The molecule has 7 heteroatoms. The van der Waals surface area contributed by atoms with E-state index in [1.165, 1.54) is 4.90 Å². The van der Waals surface area contributed by atoms with Crippen LogP contribution in [-0.4, -0.2) is 39.6 Å². The number of hydrogen-bond donors (Lipinski definition) is 2. The molecule has 0 saturated heterocycles. The SMILES string of the molecule is Cc1cnc(C(C)NC(=O)N(CC(=O)O)C(C)C)o1. The normalized spacial score (nSPS) is 12.3.